The second-order valence-corrected chi connectivity index (χ2v) is 12.5. The van der Waals surface area contributed by atoms with Gasteiger partial charge in [0.15, 0.2) is 15.7 Å². The van der Waals surface area contributed by atoms with E-state index in [-0.39, 0.29) is 23.3 Å². The monoisotopic (exact) mass is 588 g/mol. The number of fused-ring (bicyclic) bond motifs is 1. The van der Waals surface area contributed by atoms with E-state index in [1.54, 1.807) is 37.3 Å². The summed E-state index contributed by atoms with van der Waals surface area (Å²) in [4.78, 5) is 34.8. The number of H-pyrrole nitrogens is 1. The van der Waals surface area contributed by atoms with Crippen molar-refractivity contribution in [1.29, 1.82) is 0 Å². The van der Waals surface area contributed by atoms with E-state index in [1.807, 2.05) is 41.3 Å². The minimum Gasteiger partial charge on any atom is -0.494 e. The lowest BCUT2D eigenvalue weighted by molar-refractivity contribution is 0.0600. The number of aliphatic imine (C=N–C) groups is 1. The molecule has 5 rings (SSSR count). The van der Waals surface area contributed by atoms with E-state index in [0.29, 0.717) is 70.7 Å². The minimum absolute atomic E-state index is 0.0867. The first-order valence-electron chi connectivity index (χ1n) is 13.5. The zero-order chi connectivity index (χ0) is 29.9. The van der Waals surface area contributed by atoms with Crippen molar-refractivity contribution in [2.24, 2.45) is 4.99 Å². The summed E-state index contributed by atoms with van der Waals surface area (Å²) in [5, 5.41) is 14.6. The fourth-order valence-electron chi connectivity index (χ4n) is 4.99. The second-order valence-electron chi connectivity index (χ2n) is 10.2. The number of nitrogens with zero attached hydrogens (tertiary/aromatic N) is 2. The number of sulfone groups is 1. The number of carbonyl (C=O) groups excluding carboxylic acids is 2. The molecule has 218 valence electrons. The number of aromatic amines is 1. The molecule has 0 aliphatic carbocycles. The van der Waals surface area contributed by atoms with Gasteiger partial charge in [0.1, 0.15) is 0 Å². The maximum absolute atomic E-state index is 12.7. The van der Waals surface area contributed by atoms with Crippen molar-refractivity contribution in [2.45, 2.75) is 6.92 Å². The summed E-state index contributed by atoms with van der Waals surface area (Å²) >= 11 is 0. The van der Waals surface area contributed by atoms with Gasteiger partial charge in [0.05, 0.1) is 41.1 Å². The summed E-state index contributed by atoms with van der Waals surface area (Å²) in [6, 6.07) is 19.8. The highest BCUT2D eigenvalue weighted by molar-refractivity contribution is 7.91. The Morgan fingerprint density at radius 2 is 1.71 bits per heavy atom. The molecule has 1 aliphatic heterocycles. The van der Waals surface area contributed by atoms with Crippen LogP contribution in [0.1, 0.15) is 37.4 Å². The number of amides is 1. The molecule has 0 radical (unpaired) electrons. The molecule has 1 aromatic heterocycles. The third-order valence-electron chi connectivity index (χ3n) is 7.33. The van der Waals surface area contributed by atoms with Gasteiger partial charge < -0.3 is 20.1 Å². The first kappa shape index (κ1) is 29.0. The number of nitrogens with one attached hydrogen (secondary N) is 2. The minimum atomic E-state index is -2.94. The Morgan fingerprint density at radius 3 is 2.38 bits per heavy atom. The number of aryl methyl sites for hydroxylation is 1. The van der Waals surface area contributed by atoms with Gasteiger partial charge in [-0.05, 0) is 48.9 Å². The number of aromatic hydroxyl groups is 1. The normalized spacial score (nSPS) is 15.4. The number of hydrogen-bond acceptors (Lipinski definition) is 8. The predicted molar refractivity (Wildman–Crippen MR) is 162 cm³/mol. The molecule has 3 N–H and O–H groups in total. The smallest absolute Gasteiger partial charge is 0.338 e. The molecule has 1 amide bonds. The Bertz CT molecular complexity index is 1750. The molecule has 0 bridgehead atoms. The van der Waals surface area contributed by atoms with Crippen molar-refractivity contribution in [1.82, 2.24) is 15.2 Å². The maximum atomic E-state index is 12.7. The van der Waals surface area contributed by atoms with Gasteiger partial charge in [-0.15, -0.1) is 0 Å². The van der Waals surface area contributed by atoms with Crippen molar-refractivity contribution < 1.29 is 27.9 Å². The van der Waals surface area contributed by atoms with Gasteiger partial charge in [-0.3, -0.25) is 9.69 Å². The van der Waals surface area contributed by atoms with E-state index < -0.39 is 15.8 Å². The molecule has 10 nitrogen and oxygen atoms in total. The molecule has 0 unspecified atom stereocenters. The molecule has 1 fully saturated rings. The van der Waals surface area contributed by atoms with Crippen LogP contribution < -0.4 is 5.32 Å². The number of methoxy groups -OCH3 is 1. The Hall–Kier alpha value is -4.48. The fraction of sp³-hybridized carbons (Fsp3) is 0.258. The molecule has 0 atom stereocenters. The average Bonchev–Trinajstić information content (AvgIpc) is 3.30. The van der Waals surface area contributed by atoms with Crippen LogP contribution in [0, 0.1) is 6.92 Å². The predicted octanol–water partition coefficient (Wildman–Crippen LogP) is 3.60. The first-order chi connectivity index (χ1) is 20.1. The van der Waals surface area contributed by atoms with Gasteiger partial charge in [-0.25, -0.2) is 18.2 Å². The fourth-order valence-corrected chi connectivity index (χ4v) is 6.26. The van der Waals surface area contributed by atoms with Crippen LogP contribution in [-0.2, 0) is 14.6 Å². The number of rotatable bonds is 8. The molecular weight excluding hydrogens is 556 g/mol. The summed E-state index contributed by atoms with van der Waals surface area (Å²) in [6.07, 6.45) is 0. The van der Waals surface area contributed by atoms with Gasteiger partial charge in [0.25, 0.3) is 5.91 Å². The quantitative estimate of drug-likeness (QED) is 0.211. The molecular formula is C31H32N4O6S. The van der Waals surface area contributed by atoms with Gasteiger partial charge in [0.2, 0.25) is 0 Å². The number of carbonyl (C=O) groups is 2. The molecule has 0 saturated carbocycles. The SMILES string of the molecule is COC(=O)c1cc2[nH]c(O)c(C(=Nc3ccc(C(=O)NCCN4CCS(=O)(=O)CC4)cc3)c3ccccc3)c2cc1C. The highest BCUT2D eigenvalue weighted by atomic mass is 32.2. The largest absolute Gasteiger partial charge is 0.494 e. The van der Waals surface area contributed by atoms with Gasteiger partial charge in [0, 0.05) is 48.2 Å². The van der Waals surface area contributed by atoms with Crippen molar-refractivity contribution in [3.63, 3.8) is 0 Å². The molecule has 42 heavy (non-hydrogen) atoms. The Balaban J connectivity index is 1.39. The first-order valence-corrected chi connectivity index (χ1v) is 15.4. The molecule has 3 aromatic carbocycles. The topological polar surface area (TPSA) is 141 Å². The lowest BCUT2D eigenvalue weighted by atomic mass is 9.98. The molecule has 0 spiro atoms. The third-order valence-corrected chi connectivity index (χ3v) is 8.94. The molecule has 11 heteroatoms. The van der Waals surface area contributed by atoms with Crippen LogP contribution in [0.3, 0.4) is 0 Å². The molecule has 2 heterocycles. The van der Waals surface area contributed by atoms with E-state index in [9.17, 15) is 23.1 Å². The Labute approximate surface area is 244 Å². The van der Waals surface area contributed by atoms with E-state index in [1.165, 1.54) is 7.11 Å². The van der Waals surface area contributed by atoms with Crippen LogP contribution in [0.2, 0.25) is 0 Å². The summed E-state index contributed by atoms with van der Waals surface area (Å²) in [5.74, 6) is -0.481. The number of aromatic nitrogens is 1. The highest BCUT2D eigenvalue weighted by Crippen LogP contribution is 2.33. The molecule has 1 saturated heterocycles. The maximum Gasteiger partial charge on any atom is 0.338 e. The lowest BCUT2D eigenvalue weighted by Gasteiger charge is -2.26. The zero-order valence-electron chi connectivity index (χ0n) is 23.4. The van der Waals surface area contributed by atoms with Crippen molar-refractivity contribution in [2.75, 3.05) is 44.8 Å². The van der Waals surface area contributed by atoms with Crippen LogP contribution in [0.5, 0.6) is 5.88 Å². The van der Waals surface area contributed by atoms with E-state index in [2.05, 4.69) is 10.3 Å². The summed E-state index contributed by atoms with van der Waals surface area (Å²) < 4.78 is 28.1. The van der Waals surface area contributed by atoms with Crippen LogP contribution >= 0.6 is 0 Å². The lowest BCUT2D eigenvalue weighted by Crippen LogP contribution is -2.43. The molecule has 4 aromatic rings. The highest BCUT2D eigenvalue weighted by Gasteiger charge is 2.22. The average molecular weight is 589 g/mol. The van der Waals surface area contributed by atoms with Gasteiger partial charge in [-0.1, -0.05) is 30.3 Å². The van der Waals surface area contributed by atoms with E-state index >= 15 is 0 Å². The number of ether oxygens (including phenoxy) is 1. The van der Waals surface area contributed by atoms with E-state index in [4.69, 9.17) is 9.73 Å². The Kier molecular flexibility index (Phi) is 8.41. The zero-order valence-corrected chi connectivity index (χ0v) is 24.2. The number of esters is 1. The van der Waals surface area contributed by atoms with Crippen LogP contribution in [0.15, 0.2) is 71.7 Å². The van der Waals surface area contributed by atoms with Crippen LogP contribution in [0.25, 0.3) is 10.9 Å². The number of hydrogen-bond donors (Lipinski definition) is 3. The van der Waals surface area contributed by atoms with Gasteiger partial charge in [-0.2, -0.15) is 0 Å². The van der Waals surface area contributed by atoms with Crippen molar-refractivity contribution in [3.8, 4) is 5.88 Å². The second kappa shape index (κ2) is 12.2. The van der Waals surface area contributed by atoms with Crippen molar-refractivity contribution >= 4 is 44.0 Å². The standard InChI is InChI=1S/C31H32N4O6S/c1-20-18-25-26(19-24(20)31(38)41-2)34-30(37)27(25)28(21-6-4-3-5-7-21)33-23-10-8-22(9-11-23)29(36)32-12-13-35-14-16-42(39,40)17-15-35/h3-11,18-19,34,37H,12-17H2,1-2H3,(H,32,36). The van der Waals surface area contributed by atoms with Crippen LogP contribution in [0.4, 0.5) is 5.69 Å². The summed E-state index contributed by atoms with van der Waals surface area (Å²) in [6.45, 7) is 3.76. The molecule has 1 aliphatic rings. The van der Waals surface area contributed by atoms with Crippen molar-refractivity contribution in [3.05, 3.63) is 94.5 Å². The third kappa shape index (κ3) is 6.37. The van der Waals surface area contributed by atoms with Gasteiger partial charge >= 0.3 is 5.97 Å². The summed E-state index contributed by atoms with van der Waals surface area (Å²) in [5.41, 5.74) is 4.49. The Morgan fingerprint density at radius 1 is 1.02 bits per heavy atom. The van der Waals surface area contributed by atoms with E-state index in [0.717, 1.165) is 5.56 Å². The summed E-state index contributed by atoms with van der Waals surface area (Å²) in [7, 11) is -1.61. The number of benzene rings is 3. The van der Waals surface area contributed by atoms with Crippen LogP contribution in [-0.4, -0.2) is 85.8 Å².